The number of methoxy groups -OCH3 is 1. The molecule has 16 heavy (non-hydrogen) atoms. The van der Waals surface area contributed by atoms with E-state index in [1.807, 2.05) is 0 Å². The summed E-state index contributed by atoms with van der Waals surface area (Å²) in [4.78, 5) is 17.2. The van der Waals surface area contributed by atoms with Crippen molar-refractivity contribution in [2.75, 3.05) is 32.3 Å². The minimum absolute atomic E-state index is 0.0810. The molecular formula is C9H16N4O2S. The SMILES string of the molecule is COCCSCC(=O)N(C)Cc1ncn[nH]1. The number of nitrogens with one attached hydrogen (secondary N) is 1. The smallest absolute Gasteiger partial charge is 0.232 e. The van der Waals surface area contributed by atoms with Gasteiger partial charge in [0.15, 0.2) is 0 Å². The Morgan fingerprint density at radius 3 is 3.12 bits per heavy atom. The van der Waals surface area contributed by atoms with E-state index in [0.717, 1.165) is 5.75 Å². The summed E-state index contributed by atoms with van der Waals surface area (Å²) in [7, 11) is 3.40. The topological polar surface area (TPSA) is 71.1 Å². The molecule has 7 heteroatoms. The summed E-state index contributed by atoms with van der Waals surface area (Å²) in [6.45, 7) is 1.13. The highest BCUT2D eigenvalue weighted by atomic mass is 32.2. The zero-order valence-corrected chi connectivity index (χ0v) is 10.3. The van der Waals surface area contributed by atoms with Gasteiger partial charge < -0.3 is 9.64 Å². The summed E-state index contributed by atoms with van der Waals surface area (Å²) < 4.78 is 4.90. The molecule has 0 unspecified atom stereocenters. The van der Waals surface area contributed by atoms with Crippen molar-refractivity contribution in [1.29, 1.82) is 0 Å². The molecular weight excluding hydrogens is 228 g/mol. The van der Waals surface area contributed by atoms with Crippen molar-refractivity contribution < 1.29 is 9.53 Å². The molecule has 0 radical (unpaired) electrons. The van der Waals surface area contributed by atoms with Crippen LogP contribution in [0.5, 0.6) is 0 Å². The third-order valence-electron chi connectivity index (χ3n) is 1.93. The van der Waals surface area contributed by atoms with Gasteiger partial charge in [0.1, 0.15) is 12.2 Å². The molecule has 0 aliphatic heterocycles. The highest BCUT2D eigenvalue weighted by Gasteiger charge is 2.10. The molecule has 1 aromatic rings. The number of hydrogen-bond acceptors (Lipinski definition) is 5. The average molecular weight is 244 g/mol. The Bertz CT molecular complexity index is 304. The van der Waals surface area contributed by atoms with Crippen LogP contribution in [0.4, 0.5) is 0 Å². The first kappa shape index (κ1) is 13.0. The molecule has 0 atom stereocenters. The zero-order chi connectivity index (χ0) is 11.8. The predicted octanol–water partition coefficient (Wildman–Crippen LogP) is 0.143. The normalized spacial score (nSPS) is 10.4. The summed E-state index contributed by atoms with van der Waals surface area (Å²) >= 11 is 1.56. The second-order valence-electron chi connectivity index (χ2n) is 3.23. The number of thioether (sulfide) groups is 1. The van der Waals surface area contributed by atoms with Crippen LogP contribution in [0.15, 0.2) is 6.33 Å². The third kappa shape index (κ3) is 4.63. The lowest BCUT2D eigenvalue weighted by molar-refractivity contribution is -0.127. The van der Waals surface area contributed by atoms with Crippen molar-refractivity contribution in [2.24, 2.45) is 0 Å². The van der Waals surface area contributed by atoms with Gasteiger partial charge in [-0.1, -0.05) is 0 Å². The number of hydrogen-bond donors (Lipinski definition) is 1. The molecule has 0 saturated carbocycles. The van der Waals surface area contributed by atoms with Crippen LogP contribution < -0.4 is 0 Å². The summed E-state index contributed by atoms with van der Waals surface area (Å²) in [5.41, 5.74) is 0. The molecule has 1 aromatic heterocycles. The van der Waals surface area contributed by atoms with Gasteiger partial charge in [-0.25, -0.2) is 4.98 Å². The third-order valence-corrected chi connectivity index (χ3v) is 2.84. The highest BCUT2D eigenvalue weighted by Crippen LogP contribution is 2.03. The number of aromatic amines is 1. The molecule has 0 aliphatic rings. The maximum absolute atomic E-state index is 11.6. The Morgan fingerprint density at radius 1 is 1.69 bits per heavy atom. The van der Waals surface area contributed by atoms with Gasteiger partial charge in [0.2, 0.25) is 5.91 Å². The Hall–Kier alpha value is -1.08. The minimum Gasteiger partial charge on any atom is -0.384 e. The molecule has 1 amide bonds. The molecule has 0 aromatic carbocycles. The van der Waals surface area contributed by atoms with E-state index < -0.39 is 0 Å². The van der Waals surface area contributed by atoms with Gasteiger partial charge in [0.25, 0.3) is 0 Å². The molecule has 1 rings (SSSR count). The monoisotopic (exact) mass is 244 g/mol. The summed E-state index contributed by atoms with van der Waals surface area (Å²) in [6.07, 6.45) is 1.43. The maximum Gasteiger partial charge on any atom is 0.232 e. The van der Waals surface area contributed by atoms with Crippen LogP contribution in [0.2, 0.25) is 0 Å². The molecule has 0 bridgehead atoms. The van der Waals surface area contributed by atoms with Crippen LogP contribution in [0, 0.1) is 0 Å². The lowest BCUT2D eigenvalue weighted by Gasteiger charge is -2.14. The van der Waals surface area contributed by atoms with Gasteiger partial charge in [-0.05, 0) is 0 Å². The van der Waals surface area contributed by atoms with Gasteiger partial charge in [-0.2, -0.15) is 5.10 Å². The van der Waals surface area contributed by atoms with E-state index in [-0.39, 0.29) is 5.91 Å². The number of ether oxygens (including phenoxy) is 1. The fraction of sp³-hybridized carbons (Fsp3) is 0.667. The molecule has 0 spiro atoms. The lowest BCUT2D eigenvalue weighted by atomic mass is 10.5. The molecule has 0 aliphatic carbocycles. The van der Waals surface area contributed by atoms with Crippen LogP contribution >= 0.6 is 11.8 Å². The molecule has 1 N–H and O–H groups in total. The number of rotatable bonds is 7. The zero-order valence-electron chi connectivity index (χ0n) is 9.47. The molecule has 90 valence electrons. The fourth-order valence-electron chi connectivity index (χ4n) is 1.03. The van der Waals surface area contributed by atoms with E-state index in [1.54, 1.807) is 30.8 Å². The first-order valence-electron chi connectivity index (χ1n) is 4.89. The molecule has 1 heterocycles. The number of carbonyl (C=O) groups is 1. The number of H-pyrrole nitrogens is 1. The standard InChI is InChI=1S/C9H16N4O2S/c1-13(5-8-10-7-11-12-8)9(14)6-16-4-3-15-2/h7H,3-6H2,1-2H3,(H,10,11,12). The number of amides is 1. The van der Waals surface area contributed by atoms with E-state index in [0.29, 0.717) is 24.7 Å². The van der Waals surface area contributed by atoms with Gasteiger partial charge in [0.05, 0.1) is 18.9 Å². The maximum atomic E-state index is 11.6. The molecule has 6 nitrogen and oxygen atoms in total. The Morgan fingerprint density at radius 2 is 2.50 bits per heavy atom. The first-order chi connectivity index (χ1) is 7.74. The Kier molecular flexibility index (Phi) is 5.87. The minimum atomic E-state index is 0.0810. The van der Waals surface area contributed by atoms with Gasteiger partial charge in [-0.15, -0.1) is 11.8 Å². The second-order valence-corrected chi connectivity index (χ2v) is 4.33. The van der Waals surface area contributed by atoms with Crippen LogP contribution in [0.3, 0.4) is 0 Å². The second kappa shape index (κ2) is 7.24. The number of carbonyl (C=O) groups excluding carboxylic acids is 1. The fourth-order valence-corrected chi connectivity index (χ4v) is 1.86. The van der Waals surface area contributed by atoms with Crippen molar-refractivity contribution in [3.05, 3.63) is 12.2 Å². The van der Waals surface area contributed by atoms with Gasteiger partial charge >= 0.3 is 0 Å². The summed E-state index contributed by atoms with van der Waals surface area (Å²) in [6, 6.07) is 0. The van der Waals surface area contributed by atoms with Crippen LogP contribution in [-0.4, -0.2) is 58.3 Å². The number of aromatic nitrogens is 3. The highest BCUT2D eigenvalue weighted by molar-refractivity contribution is 7.99. The van der Waals surface area contributed by atoms with Crippen molar-refractivity contribution in [2.45, 2.75) is 6.54 Å². The van der Waals surface area contributed by atoms with E-state index in [4.69, 9.17) is 4.74 Å². The Balaban J connectivity index is 2.20. The van der Waals surface area contributed by atoms with E-state index >= 15 is 0 Å². The van der Waals surface area contributed by atoms with Crippen LogP contribution in [-0.2, 0) is 16.1 Å². The summed E-state index contributed by atoms with van der Waals surface area (Å²) in [5.74, 6) is 2.07. The molecule has 0 saturated heterocycles. The van der Waals surface area contributed by atoms with Gasteiger partial charge in [-0.3, -0.25) is 9.89 Å². The predicted molar refractivity (Wildman–Crippen MR) is 62.1 cm³/mol. The van der Waals surface area contributed by atoms with Crippen LogP contribution in [0.1, 0.15) is 5.82 Å². The van der Waals surface area contributed by atoms with Crippen LogP contribution in [0.25, 0.3) is 0 Å². The van der Waals surface area contributed by atoms with E-state index in [2.05, 4.69) is 15.2 Å². The van der Waals surface area contributed by atoms with Crippen molar-refractivity contribution >= 4 is 17.7 Å². The van der Waals surface area contributed by atoms with E-state index in [1.165, 1.54) is 6.33 Å². The molecule has 0 fully saturated rings. The van der Waals surface area contributed by atoms with Crippen molar-refractivity contribution in [3.8, 4) is 0 Å². The largest absolute Gasteiger partial charge is 0.384 e. The van der Waals surface area contributed by atoms with Crippen molar-refractivity contribution in [1.82, 2.24) is 20.1 Å². The first-order valence-corrected chi connectivity index (χ1v) is 6.04. The Labute approximate surface area is 98.8 Å². The van der Waals surface area contributed by atoms with Crippen molar-refractivity contribution in [3.63, 3.8) is 0 Å². The van der Waals surface area contributed by atoms with E-state index in [9.17, 15) is 4.79 Å². The van der Waals surface area contributed by atoms with Gasteiger partial charge in [0, 0.05) is 19.9 Å². The lowest BCUT2D eigenvalue weighted by Crippen LogP contribution is -2.28. The summed E-state index contributed by atoms with van der Waals surface area (Å²) in [5, 5.41) is 6.44. The average Bonchev–Trinajstić information content (AvgIpc) is 2.76. The number of nitrogens with zero attached hydrogens (tertiary/aromatic N) is 3. The quantitative estimate of drug-likeness (QED) is 0.691.